The van der Waals surface area contributed by atoms with Crippen molar-refractivity contribution in [3.63, 3.8) is 0 Å². The first-order chi connectivity index (χ1) is 21.3. The summed E-state index contributed by atoms with van der Waals surface area (Å²) < 4.78 is 10.1. The summed E-state index contributed by atoms with van der Waals surface area (Å²) in [6, 6.07) is 48.4. The number of furan rings is 1. The van der Waals surface area contributed by atoms with Crippen LogP contribution in [0.25, 0.3) is 92.2 Å². The molecule has 0 unspecified atom stereocenters. The second-order valence-corrected chi connectivity index (χ2v) is 12.3. The second-order valence-electron chi connectivity index (χ2n) is 11.3. The van der Waals surface area contributed by atoms with E-state index in [1.54, 1.807) is 0 Å². The quantitative estimate of drug-likeness (QED) is 0.191. The van der Waals surface area contributed by atoms with Gasteiger partial charge in [-0.2, -0.15) is 0 Å². The molecule has 43 heavy (non-hydrogen) atoms. The molecule has 3 heterocycles. The molecular weight excluding hydrogens is 543 g/mol. The molecule has 0 saturated heterocycles. The molecule has 0 amide bonds. The minimum atomic E-state index is 0.925. The van der Waals surface area contributed by atoms with E-state index in [1.165, 1.54) is 70.3 Å². The molecule has 200 valence electrons. The number of para-hydroxylation sites is 3. The summed E-state index contributed by atoms with van der Waals surface area (Å²) in [7, 11) is 0. The fourth-order valence-corrected chi connectivity index (χ4v) is 8.06. The highest BCUT2D eigenvalue weighted by Crippen LogP contribution is 2.45. The van der Waals surface area contributed by atoms with E-state index >= 15 is 0 Å². The van der Waals surface area contributed by atoms with Crippen molar-refractivity contribution in [1.82, 2.24) is 4.57 Å². The maximum Gasteiger partial charge on any atom is 0.136 e. The maximum atomic E-state index is 6.35. The molecule has 0 aliphatic heterocycles. The van der Waals surface area contributed by atoms with Crippen molar-refractivity contribution in [3.8, 4) is 16.8 Å². The first kappa shape index (κ1) is 23.2. The molecule has 0 aliphatic rings. The van der Waals surface area contributed by atoms with Crippen molar-refractivity contribution in [2.45, 2.75) is 0 Å². The fraction of sp³-hybridized carbons (Fsp3) is 0. The molecule has 0 saturated carbocycles. The number of hydrogen-bond donors (Lipinski definition) is 0. The standard InChI is InChI=1S/C40H23NOS/c1-2-10-25(11-3-1)41-36-15-7-4-12-26(36)33-21-31-29-20-34-27-13-5-8-16-38(27)42-39(34)19-24(29)18-30(32(31)22-37(33)41)35-23-43-40-17-9-6-14-28(35)40/h1-23H. The second kappa shape index (κ2) is 8.57. The Morgan fingerprint density at radius 3 is 2.09 bits per heavy atom. The number of hydrogen-bond acceptors (Lipinski definition) is 2. The molecule has 0 bridgehead atoms. The summed E-state index contributed by atoms with van der Waals surface area (Å²) >= 11 is 1.81. The van der Waals surface area contributed by atoms with Crippen molar-refractivity contribution >= 4 is 86.7 Å². The number of aromatic nitrogens is 1. The fourth-order valence-electron chi connectivity index (χ4n) is 7.10. The third kappa shape index (κ3) is 3.23. The van der Waals surface area contributed by atoms with E-state index in [-0.39, 0.29) is 0 Å². The Hall–Kier alpha value is -5.38. The van der Waals surface area contributed by atoms with Gasteiger partial charge in [-0.05, 0) is 93.2 Å². The number of rotatable bonds is 2. The lowest BCUT2D eigenvalue weighted by atomic mass is 9.91. The van der Waals surface area contributed by atoms with E-state index in [9.17, 15) is 0 Å². The number of thiophene rings is 1. The van der Waals surface area contributed by atoms with Gasteiger partial charge >= 0.3 is 0 Å². The molecule has 0 fully saturated rings. The molecule has 7 aromatic carbocycles. The van der Waals surface area contributed by atoms with Gasteiger partial charge in [0.05, 0.1) is 11.0 Å². The van der Waals surface area contributed by atoms with Gasteiger partial charge in [-0.1, -0.05) is 72.8 Å². The van der Waals surface area contributed by atoms with Crippen LogP contribution in [0, 0.1) is 0 Å². The lowest BCUT2D eigenvalue weighted by Crippen LogP contribution is -1.93. The van der Waals surface area contributed by atoms with Crippen LogP contribution in [0.4, 0.5) is 0 Å². The van der Waals surface area contributed by atoms with E-state index in [4.69, 9.17) is 4.42 Å². The average molecular weight is 566 g/mol. The SMILES string of the molecule is c1ccc(-n2c3ccccc3c3cc4c(cc32)c(-c2csc3ccccc23)cc2cc3oc5ccccc5c3cc24)cc1. The van der Waals surface area contributed by atoms with E-state index in [0.29, 0.717) is 0 Å². The summed E-state index contributed by atoms with van der Waals surface area (Å²) in [5, 5.41) is 13.4. The Morgan fingerprint density at radius 1 is 0.442 bits per heavy atom. The topological polar surface area (TPSA) is 18.1 Å². The van der Waals surface area contributed by atoms with Crippen LogP contribution in [0.15, 0.2) is 143 Å². The lowest BCUT2D eigenvalue weighted by molar-refractivity contribution is 0.669. The minimum absolute atomic E-state index is 0.925. The molecule has 3 heteroatoms. The lowest BCUT2D eigenvalue weighted by Gasteiger charge is -2.13. The Balaban J connectivity index is 1.43. The van der Waals surface area contributed by atoms with E-state index in [2.05, 4.69) is 137 Å². The van der Waals surface area contributed by atoms with Gasteiger partial charge < -0.3 is 8.98 Å². The third-order valence-corrected chi connectivity index (χ3v) is 9.99. The summed E-state index contributed by atoms with van der Waals surface area (Å²) in [5.41, 5.74) is 7.98. The van der Waals surface area contributed by atoms with Gasteiger partial charge in [0.15, 0.2) is 0 Å². The van der Waals surface area contributed by atoms with Crippen LogP contribution < -0.4 is 0 Å². The molecule has 3 aromatic heterocycles. The molecule has 10 rings (SSSR count). The van der Waals surface area contributed by atoms with Crippen LogP contribution in [0.3, 0.4) is 0 Å². The van der Waals surface area contributed by atoms with E-state index in [0.717, 1.165) is 21.9 Å². The smallest absolute Gasteiger partial charge is 0.136 e. The van der Waals surface area contributed by atoms with Crippen molar-refractivity contribution in [2.75, 3.05) is 0 Å². The molecule has 0 aliphatic carbocycles. The Labute approximate surface area is 250 Å². The van der Waals surface area contributed by atoms with E-state index in [1.807, 2.05) is 17.4 Å². The van der Waals surface area contributed by atoms with Gasteiger partial charge in [0.2, 0.25) is 0 Å². The highest BCUT2D eigenvalue weighted by atomic mass is 32.1. The van der Waals surface area contributed by atoms with Crippen LogP contribution in [0.1, 0.15) is 0 Å². The molecule has 0 N–H and O–H groups in total. The van der Waals surface area contributed by atoms with Crippen LogP contribution >= 0.6 is 11.3 Å². The van der Waals surface area contributed by atoms with E-state index < -0.39 is 0 Å². The zero-order valence-electron chi connectivity index (χ0n) is 23.0. The summed E-state index contributed by atoms with van der Waals surface area (Å²) in [6.07, 6.45) is 0. The van der Waals surface area contributed by atoms with Crippen LogP contribution in [-0.4, -0.2) is 4.57 Å². The van der Waals surface area contributed by atoms with Gasteiger partial charge in [-0.15, -0.1) is 11.3 Å². The van der Waals surface area contributed by atoms with Gasteiger partial charge in [0, 0.05) is 42.9 Å². The Bertz CT molecular complexity index is 2720. The highest BCUT2D eigenvalue weighted by Gasteiger charge is 2.19. The molecule has 0 spiro atoms. The predicted octanol–water partition coefficient (Wildman–Crippen LogP) is 11.9. The molecule has 0 radical (unpaired) electrons. The van der Waals surface area contributed by atoms with Gasteiger partial charge in [-0.3, -0.25) is 0 Å². The first-order valence-electron chi connectivity index (χ1n) is 14.6. The maximum absolute atomic E-state index is 6.35. The van der Waals surface area contributed by atoms with Crippen LogP contribution in [-0.2, 0) is 0 Å². The normalized spacial score (nSPS) is 12.2. The zero-order valence-corrected chi connectivity index (χ0v) is 23.9. The summed E-state index contributed by atoms with van der Waals surface area (Å²) in [5.74, 6) is 0. The number of fused-ring (bicyclic) bond motifs is 10. The zero-order chi connectivity index (χ0) is 28.1. The number of benzene rings is 7. The van der Waals surface area contributed by atoms with Crippen LogP contribution in [0.5, 0.6) is 0 Å². The van der Waals surface area contributed by atoms with Crippen molar-refractivity contribution in [1.29, 1.82) is 0 Å². The molecule has 10 aromatic rings. The average Bonchev–Trinajstić information content (AvgIpc) is 3.74. The predicted molar refractivity (Wildman–Crippen MR) is 184 cm³/mol. The first-order valence-corrected chi connectivity index (χ1v) is 15.5. The van der Waals surface area contributed by atoms with Crippen molar-refractivity contribution in [3.05, 3.63) is 139 Å². The molecular formula is C40H23NOS. The molecule has 0 atom stereocenters. The van der Waals surface area contributed by atoms with Crippen molar-refractivity contribution in [2.24, 2.45) is 0 Å². The van der Waals surface area contributed by atoms with Gasteiger partial charge in [-0.25, -0.2) is 0 Å². The monoisotopic (exact) mass is 565 g/mol. The Kier molecular flexibility index (Phi) is 4.63. The highest BCUT2D eigenvalue weighted by molar-refractivity contribution is 7.17. The summed E-state index contributed by atoms with van der Waals surface area (Å²) in [4.78, 5) is 0. The number of nitrogens with zero attached hydrogens (tertiary/aromatic N) is 1. The Morgan fingerprint density at radius 2 is 1.19 bits per heavy atom. The van der Waals surface area contributed by atoms with Gasteiger partial charge in [0.1, 0.15) is 11.2 Å². The third-order valence-electron chi connectivity index (χ3n) is 9.03. The minimum Gasteiger partial charge on any atom is -0.456 e. The molecule has 2 nitrogen and oxygen atoms in total. The van der Waals surface area contributed by atoms with Gasteiger partial charge in [0.25, 0.3) is 0 Å². The summed E-state index contributed by atoms with van der Waals surface area (Å²) in [6.45, 7) is 0. The largest absolute Gasteiger partial charge is 0.456 e. The van der Waals surface area contributed by atoms with Crippen molar-refractivity contribution < 1.29 is 4.42 Å². The van der Waals surface area contributed by atoms with Crippen LogP contribution in [0.2, 0.25) is 0 Å².